The standard InChI is InChI=1S/C30H46O2/c1-4-6-8-9-10-11-12-13-15-24-31-26(3)27-16-18-28(19-17-27)29-20-22-30(23-21-29)32-25-14-7-5-2/h16-23,26H,4-15,24-25H2,1-3H3. The van der Waals surface area contributed by atoms with Crippen molar-refractivity contribution in [1.29, 1.82) is 0 Å². The molecule has 2 rings (SSSR count). The molecular formula is C30H46O2. The normalized spacial score (nSPS) is 12.1. The van der Waals surface area contributed by atoms with Gasteiger partial charge < -0.3 is 9.47 Å². The van der Waals surface area contributed by atoms with Crippen molar-refractivity contribution < 1.29 is 9.47 Å². The van der Waals surface area contributed by atoms with Gasteiger partial charge in [0.05, 0.1) is 12.7 Å². The van der Waals surface area contributed by atoms with Gasteiger partial charge in [-0.15, -0.1) is 0 Å². The Kier molecular flexibility index (Phi) is 13.9. The number of unbranched alkanes of at least 4 members (excludes halogenated alkanes) is 10. The topological polar surface area (TPSA) is 18.5 Å². The van der Waals surface area contributed by atoms with E-state index in [1.807, 2.05) is 0 Å². The van der Waals surface area contributed by atoms with Crippen molar-refractivity contribution in [1.82, 2.24) is 0 Å². The van der Waals surface area contributed by atoms with Crippen LogP contribution >= 0.6 is 0 Å². The molecular weight excluding hydrogens is 392 g/mol. The minimum Gasteiger partial charge on any atom is -0.494 e. The van der Waals surface area contributed by atoms with Crippen molar-refractivity contribution in [2.75, 3.05) is 13.2 Å². The molecule has 0 amide bonds. The minimum absolute atomic E-state index is 0.150. The van der Waals surface area contributed by atoms with Crippen LogP contribution in [0.2, 0.25) is 0 Å². The molecule has 0 radical (unpaired) electrons. The molecule has 0 N–H and O–H groups in total. The van der Waals surface area contributed by atoms with Gasteiger partial charge >= 0.3 is 0 Å². The van der Waals surface area contributed by atoms with Crippen molar-refractivity contribution in [3.05, 3.63) is 54.1 Å². The van der Waals surface area contributed by atoms with Crippen LogP contribution in [0.1, 0.15) is 109 Å². The molecule has 0 bridgehead atoms. The van der Waals surface area contributed by atoms with E-state index in [4.69, 9.17) is 9.47 Å². The molecule has 2 aromatic carbocycles. The summed E-state index contributed by atoms with van der Waals surface area (Å²) in [4.78, 5) is 0. The van der Waals surface area contributed by atoms with E-state index >= 15 is 0 Å². The zero-order chi connectivity index (χ0) is 22.9. The van der Waals surface area contributed by atoms with Crippen LogP contribution in [-0.2, 0) is 4.74 Å². The lowest BCUT2D eigenvalue weighted by Crippen LogP contribution is -2.01. The molecule has 0 aliphatic carbocycles. The molecule has 0 spiro atoms. The fourth-order valence-electron chi connectivity index (χ4n) is 4.00. The van der Waals surface area contributed by atoms with Crippen molar-refractivity contribution in [2.24, 2.45) is 0 Å². The van der Waals surface area contributed by atoms with Crippen LogP contribution in [0.15, 0.2) is 48.5 Å². The Morgan fingerprint density at radius 1 is 0.562 bits per heavy atom. The molecule has 0 saturated heterocycles. The molecule has 0 aliphatic heterocycles. The van der Waals surface area contributed by atoms with Gasteiger partial charge in [-0.05, 0) is 48.6 Å². The Bertz CT molecular complexity index is 690. The number of rotatable bonds is 18. The summed E-state index contributed by atoms with van der Waals surface area (Å²) in [7, 11) is 0. The summed E-state index contributed by atoms with van der Waals surface area (Å²) >= 11 is 0. The van der Waals surface area contributed by atoms with Crippen LogP contribution in [-0.4, -0.2) is 13.2 Å². The lowest BCUT2D eigenvalue weighted by Gasteiger charge is -2.14. The lowest BCUT2D eigenvalue weighted by molar-refractivity contribution is 0.0627. The highest BCUT2D eigenvalue weighted by Crippen LogP contribution is 2.25. The van der Waals surface area contributed by atoms with Gasteiger partial charge in [-0.25, -0.2) is 0 Å². The van der Waals surface area contributed by atoms with Crippen molar-refractivity contribution in [3.8, 4) is 16.9 Å². The van der Waals surface area contributed by atoms with E-state index in [0.717, 1.165) is 25.4 Å². The lowest BCUT2D eigenvalue weighted by atomic mass is 10.0. The molecule has 2 heteroatoms. The first-order valence-electron chi connectivity index (χ1n) is 13.2. The van der Waals surface area contributed by atoms with E-state index in [1.54, 1.807) is 0 Å². The fourth-order valence-corrected chi connectivity index (χ4v) is 4.00. The zero-order valence-corrected chi connectivity index (χ0v) is 20.9. The molecule has 1 unspecified atom stereocenters. The first-order chi connectivity index (χ1) is 15.7. The highest BCUT2D eigenvalue weighted by atomic mass is 16.5. The van der Waals surface area contributed by atoms with Crippen LogP contribution in [0, 0.1) is 0 Å². The molecule has 2 aromatic rings. The summed E-state index contributed by atoms with van der Waals surface area (Å²) in [6.45, 7) is 8.31. The molecule has 0 heterocycles. The van der Waals surface area contributed by atoms with Crippen molar-refractivity contribution in [2.45, 2.75) is 104 Å². The Hall–Kier alpha value is -1.80. The Labute approximate surface area is 197 Å². The summed E-state index contributed by atoms with van der Waals surface area (Å²) in [6.07, 6.45) is 15.9. The van der Waals surface area contributed by atoms with Gasteiger partial charge in [-0.3, -0.25) is 0 Å². The third-order valence-electron chi connectivity index (χ3n) is 6.20. The largest absolute Gasteiger partial charge is 0.494 e. The second-order valence-corrected chi connectivity index (χ2v) is 9.04. The van der Waals surface area contributed by atoms with Crippen LogP contribution in [0.4, 0.5) is 0 Å². The van der Waals surface area contributed by atoms with E-state index in [9.17, 15) is 0 Å². The van der Waals surface area contributed by atoms with Crippen molar-refractivity contribution in [3.63, 3.8) is 0 Å². The van der Waals surface area contributed by atoms with Crippen LogP contribution < -0.4 is 4.74 Å². The highest BCUT2D eigenvalue weighted by molar-refractivity contribution is 5.64. The number of hydrogen-bond donors (Lipinski definition) is 0. The molecule has 2 nitrogen and oxygen atoms in total. The van der Waals surface area contributed by atoms with Crippen molar-refractivity contribution >= 4 is 0 Å². The fraction of sp³-hybridized carbons (Fsp3) is 0.600. The van der Waals surface area contributed by atoms with Crippen LogP contribution in [0.25, 0.3) is 11.1 Å². The van der Waals surface area contributed by atoms with E-state index in [1.165, 1.54) is 87.3 Å². The predicted molar refractivity (Wildman–Crippen MR) is 138 cm³/mol. The molecule has 0 saturated carbocycles. The number of hydrogen-bond acceptors (Lipinski definition) is 2. The average molecular weight is 439 g/mol. The number of benzene rings is 2. The summed E-state index contributed by atoms with van der Waals surface area (Å²) in [5.41, 5.74) is 3.71. The summed E-state index contributed by atoms with van der Waals surface area (Å²) in [6, 6.07) is 17.2. The molecule has 32 heavy (non-hydrogen) atoms. The minimum atomic E-state index is 0.150. The third-order valence-corrected chi connectivity index (χ3v) is 6.20. The molecule has 1 atom stereocenters. The smallest absolute Gasteiger partial charge is 0.119 e. The quantitative estimate of drug-likeness (QED) is 0.216. The van der Waals surface area contributed by atoms with E-state index < -0.39 is 0 Å². The first-order valence-corrected chi connectivity index (χ1v) is 13.2. The molecule has 0 aromatic heterocycles. The second-order valence-electron chi connectivity index (χ2n) is 9.04. The molecule has 178 valence electrons. The van der Waals surface area contributed by atoms with Gasteiger partial charge in [0.1, 0.15) is 5.75 Å². The van der Waals surface area contributed by atoms with Crippen LogP contribution in [0.5, 0.6) is 5.75 Å². The van der Waals surface area contributed by atoms with Gasteiger partial charge in [-0.1, -0.05) is 114 Å². The maximum absolute atomic E-state index is 6.09. The second kappa shape index (κ2) is 16.8. The number of ether oxygens (including phenoxy) is 2. The maximum Gasteiger partial charge on any atom is 0.119 e. The monoisotopic (exact) mass is 438 g/mol. The van der Waals surface area contributed by atoms with E-state index in [-0.39, 0.29) is 6.10 Å². The van der Waals surface area contributed by atoms with Gasteiger partial charge in [0.2, 0.25) is 0 Å². The summed E-state index contributed by atoms with van der Waals surface area (Å²) in [5, 5.41) is 0. The van der Waals surface area contributed by atoms with E-state index in [0.29, 0.717) is 0 Å². The van der Waals surface area contributed by atoms with Crippen LogP contribution in [0.3, 0.4) is 0 Å². The summed E-state index contributed by atoms with van der Waals surface area (Å²) < 4.78 is 11.9. The molecule has 0 fully saturated rings. The van der Waals surface area contributed by atoms with E-state index in [2.05, 4.69) is 69.3 Å². The Morgan fingerprint density at radius 2 is 1.03 bits per heavy atom. The Balaban J connectivity index is 1.65. The predicted octanol–water partition coefficient (Wildman–Crippen LogP) is 9.53. The Morgan fingerprint density at radius 3 is 1.62 bits per heavy atom. The zero-order valence-electron chi connectivity index (χ0n) is 20.9. The van der Waals surface area contributed by atoms with Gasteiger partial charge in [0, 0.05) is 6.61 Å². The third kappa shape index (κ3) is 10.7. The van der Waals surface area contributed by atoms with Gasteiger partial charge in [0.25, 0.3) is 0 Å². The SMILES string of the molecule is CCCCCCCCCCCOC(C)c1ccc(-c2ccc(OCCCCC)cc2)cc1. The maximum atomic E-state index is 6.09. The average Bonchev–Trinajstić information content (AvgIpc) is 2.83. The van der Waals surface area contributed by atoms with Gasteiger partial charge in [0.15, 0.2) is 0 Å². The summed E-state index contributed by atoms with van der Waals surface area (Å²) in [5.74, 6) is 0.958. The first kappa shape index (κ1) is 26.5. The van der Waals surface area contributed by atoms with Gasteiger partial charge in [-0.2, -0.15) is 0 Å². The highest BCUT2D eigenvalue weighted by Gasteiger charge is 2.06. The molecule has 0 aliphatic rings.